The summed E-state index contributed by atoms with van der Waals surface area (Å²) < 4.78 is 5.21. The molecular formula is C16H16N2O2. The van der Waals surface area contributed by atoms with Crippen LogP contribution >= 0.6 is 0 Å². The predicted molar refractivity (Wildman–Crippen MR) is 77.1 cm³/mol. The fourth-order valence-corrected chi connectivity index (χ4v) is 1.84. The molecule has 20 heavy (non-hydrogen) atoms. The Bertz CT molecular complexity index is 632. The SMILES string of the molecule is C#CCCCCCOC(=O)c1cnc2cnccc2c1. The van der Waals surface area contributed by atoms with Crippen LogP contribution in [0.3, 0.4) is 0 Å². The lowest BCUT2D eigenvalue weighted by Gasteiger charge is -2.05. The molecule has 0 aliphatic rings. The Hall–Kier alpha value is -2.41. The van der Waals surface area contributed by atoms with Gasteiger partial charge in [0.25, 0.3) is 0 Å². The van der Waals surface area contributed by atoms with Gasteiger partial charge in [0.1, 0.15) is 0 Å². The van der Waals surface area contributed by atoms with Crippen molar-refractivity contribution in [1.82, 2.24) is 9.97 Å². The third kappa shape index (κ3) is 3.79. The van der Waals surface area contributed by atoms with E-state index >= 15 is 0 Å². The second-order valence-corrected chi connectivity index (χ2v) is 4.44. The molecule has 0 amide bonds. The van der Waals surface area contributed by atoms with Crippen molar-refractivity contribution in [2.24, 2.45) is 0 Å². The summed E-state index contributed by atoms with van der Waals surface area (Å²) in [4.78, 5) is 20.0. The lowest BCUT2D eigenvalue weighted by molar-refractivity contribution is 0.0497. The highest BCUT2D eigenvalue weighted by Gasteiger charge is 2.08. The number of fused-ring (bicyclic) bond motifs is 1. The van der Waals surface area contributed by atoms with E-state index in [-0.39, 0.29) is 5.97 Å². The van der Waals surface area contributed by atoms with Crippen LogP contribution in [-0.2, 0) is 4.74 Å². The topological polar surface area (TPSA) is 52.1 Å². The Morgan fingerprint density at radius 3 is 3.05 bits per heavy atom. The van der Waals surface area contributed by atoms with Gasteiger partial charge in [0.15, 0.2) is 0 Å². The van der Waals surface area contributed by atoms with Crippen LogP contribution < -0.4 is 0 Å². The van der Waals surface area contributed by atoms with E-state index in [0.717, 1.165) is 36.6 Å². The Kier molecular flexibility index (Phi) is 5.08. The standard InChI is InChI=1S/C16H16N2O2/c1-2-3-4-5-6-9-20-16(19)14-10-13-7-8-17-12-15(13)18-11-14/h1,7-8,10-12H,3-6,9H2. The first-order chi connectivity index (χ1) is 9.81. The van der Waals surface area contributed by atoms with E-state index in [1.807, 2.05) is 6.07 Å². The van der Waals surface area contributed by atoms with E-state index in [2.05, 4.69) is 15.9 Å². The van der Waals surface area contributed by atoms with Crippen LogP contribution in [0.15, 0.2) is 30.7 Å². The lowest BCUT2D eigenvalue weighted by atomic mass is 10.2. The third-order valence-corrected chi connectivity index (χ3v) is 2.92. The number of hydrogen-bond donors (Lipinski definition) is 0. The molecule has 0 spiro atoms. The molecule has 0 aromatic carbocycles. The van der Waals surface area contributed by atoms with Crippen LogP contribution in [0.1, 0.15) is 36.0 Å². The van der Waals surface area contributed by atoms with Gasteiger partial charge in [-0.15, -0.1) is 12.3 Å². The Morgan fingerprint density at radius 1 is 1.30 bits per heavy atom. The van der Waals surface area contributed by atoms with Crippen LogP contribution in [-0.4, -0.2) is 22.5 Å². The molecule has 0 aliphatic heterocycles. The summed E-state index contributed by atoms with van der Waals surface area (Å²) in [7, 11) is 0. The average Bonchev–Trinajstić information content (AvgIpc) is 2.50. The first-order valence-corrected chi connectivity index (χ1v) is 6.61. The molecule has 4 nitrogen and oxygen atoms in total. The largest absolute Gasteiger partial charge is 0.462 e. The highest BCUT2D eigenvalue weighted by atomic mass is 16.5. The fraction of sp³-hybridized carbons (Fsp3) is 0.312. The summed E-state index contributed by atoms with van der Waals surface area (Å²) in [5.74, 6) is 2.25. The number of hydrogen-bond acceptors (Lipinski definition) is 4. The Balaban J connectivity index is 1.86. The Morgan fingerprint density at radius 2 is 2.20 bits per heavy atom. The quantitative estimate of drug-likeness (QED) is 0.459. The molecule has 0 saturated heterocycles. The van der Waals surface area contributed by atoms with Gasteiger partial charge >= 0.3 is 5.97 Å². The first kappa shape index (κ1) is 14.0. The van der Waals surface area contributed by atoms with E-state index in [1.54, 1.807) is 18.5 Å². The number of unbranched alkanes of at least 4 members (excludes halogenated alkanes) is 3. The summed E-state index contributed by atoms with van der Waals surface area (Å²) in [6, 6.07) is 3.59. The number of nitrogens with zero attached hydrogens (tertiary/aromatic N) is 2. The molecule has 102 valence electrons. The summed E-state index contributed by atoms with van der Waals surface area (Å²) in [5, 5.41) is 0.878. The van der Waals surface area contributed by atoms with Gasteiger partial charge in [-0.25, -0.2) is 4.79 Å². The smallest absolute Gasteiger partial charge is 0.339 e. The van der Waals surface area contributed by atoms with Crippen LogP contribution in [0, 0.1) is 12.3 Å². The number of rotatable bonds is 6. The molecule has 0 radical (unpaired) electrons. The maximum Gasteiger partial charge on any atom is 0.339 e. The molecule has 0 bridgehead atoms. The van der Waals surface area contributed by atoms with Crippen molar-refractivity contribution in [1.29, 1.82) is 0 Å². The number of pyridine rings is 2. The molecule has 0 saturated carbocycles. The summed E-state index contributed by atoms with van der Waals surface area (Å²) in [6.45, 7) is 0.414. The van der Waals surface area contributed by atoms with Gasteiger partial charge in [-0.05, 0) is 31.4 Å². The average molecular weight is 268 g/mol. The van der Waals surface area contributed by atoms with Gasteiger partial charge in [-0.2, -0.15) is 0 Å². The van der Waals surface area contributed by atoms with Crippen LogP contribution in [0.4, 0.5) is 0 Å². The highest BCUT2D eigenvalue weighted by Crippen LogP contribution is 2.12. The van der Waals surface area contributed by atoms with E-state index in [0.29, 0.717) is 12.2 Å². The van der Waals surface area contributed by atoms with Crippen molar-refractivity contribution in [3.63, 3.8) is 0 Å². The molecule has 0 aliphatic carbocycles. The second-order valence-electron chi connectivity index (χ2n) is 4.44. The van der Waals surface area contributed by atoms with Crippen molar-refractivity contribution in [2.45, 2.75) is 25.7 Å². The van der Waals surface area contributed by atoms with E-state index < -0.39 is 0 Å². The number of terminal acetylenes is 1. The molecule has 0 unspecified atom stereocenters. The minimum absolute atomic E-state index is 0.340. The second kappa shape index (κ2) is 7.25. The van der Waals surface area contributed by atoms with Gasteiger partial charge in [0, 0.05) is 24.2 Å². The highest BCUT2D eigenvalue weighted by molar-refractivity contribution is 5.93. The molecule has 2 heterocycles. The summed E-state index contributed by atoms with van der Waals surface area (Å²) in [5.41, 5.74) is 1.23. The molecule has 0 fully saturated rings. The van der Waals surface area contributed by atoms with Gasteiger partial charge < -0.3 is 4.74 Å². The van der Waals surface area contributed by atoms with Crippen LogP contribution in [0.25, 0.3) is 10.9 Å². The first-order valence-electron chi connectivity index (χ1n) is 6.61. The number of aromatic nitrogens is 2. The molecular weight excluding hydrogens is 252 g/mol. The zero-order chi connectivity index (χ0) is 14.2. The van der Waals surface area contributed by atoms with E-state index in [1.165, 1.54) is 6.20 Å². The molecule has 2 aromatic rings. The minimum Gasteiger partial charge on any atom is -0.462 e. The maximum atomic E-state index is 11.9. The summed E-state index contributed by atoms with van der Waals surface area (Å²) >= 11 is 0. The normalized spacial score (nSPS) is 10.2. The molecule has 2 rings (SSSR count). The molecule has 4 heteroatoms. The van der Waals surface area contributed by atoms with Crippen molar-refractivity contribution in [3.05, 3.63) is 36.3 Å². The number of carbonyl (C=O) groups excluding carboxylic acids is 1. The lowest BCUT2D eigenvalue weighted by Crippen LogP contribution is -2.07. The predicted octanol–water partition coefficient (Wildman–Crippen LogP) is 2.98. The minimum atomic E-state index is -0.340. The molecule has 0 N–H and O–H groups in total. The van der Waals surface area contributed by atoms with Gasteiger partial charge in [0.05, 0.1) is 23.9 Å². The monoisotopic (exact) mass is 268 g/mol. The molecule has 2 aromatic heterocycles. The van der Waals surface area contributed by atoms with E-state index in [4.69, 9.17) is 11.2 Å². The van der Waals surface area contributed by atoms with Crippen molar-refractivity contribution >= 4 is 16.9 Å². The van der Waals surface area contributed by atoms with Crippen LogP contribution in [0.2, 0.25) is 0 Å². The third-order valence-electron chi connectivity index (χ3n) is 2.92. The fourth-order valence-electron chi connectivity index (χ4n) is 1.84. The number of esters is 1. The van der Waals surface area contributed by atoms with Gasteiger partial charge in [-0.3, -0.25) is 9.97 Å². The Labute approximate surface area is 118 Å². The van der Waals surface area contributed by atoms with Crippen molar-refractivity contribution in [2.75, 3.05) is 6.61 Å². The van der Waals surface area contributed by atoms with Crippen LogP contribution in [0.5, 0.6) is 0 Å². The van der Waals surface area contributed by atoms with Gasteiger partial charge in [-0.1, -0.05) is 0 Å². The van der Waals surface area contributed by atoms with Crippen molar-refractivity contribution < 1.29 is 9.53 Å². The van der Waals surface area contributed by atoms with Gasteiger partial charge in [0.2, 0.25) is 0 Å². The van der Waals surface area contributed by atoms with E-state index in [9.17, 15) is 4.79 Å². The molecule has 0 atom stereocenters. The zero-order valence-electron chi connectivity index (χ0n) is 11.2. The number of ether oxygens (including phenoxy) is 1. The van der Waals surface area contributed by atoms with Crippen molar-refractivity contribution in [3.8, 4) is 12.3 Å². The summed E-state index contributed by atoms with van der Waals surface area (Å²) in [6.07, 6.45) is 13.6. The maximum absolute atomic E-state index is 11.9. The number of carbonyl (C=O) groups is 1. The zero-order valence-corrected chi connectivity index (χ0v) is 11.2.